The number of ether oxygens (including phenoxy) is 1. The number of Topliss-reactive ketones (excluding diaryl/α,β-unsaturated/α-hetero) is 1. The highest BCUT2D eigenvalue weighted by molar-refractivity contribution is 9.09. The summed E-state index contributed by atoms with van der Waals surface area (Å²) in [6, 6.07) is 3.01. The second-order valence-electron chi connectivity index (χ2n) is 3.29. The molecule has 0 aliphatic carbocycles. The summed E-state index contributed by atoms with van der Waals surface area (Å²) < 4.78 is 53.3. The number of hydrogen-bond donors (Lipinski definition) is 0. The van der Waals surface area contributed by atoms with Crippen molar-refractivity contribution in [2.75, 3.05) is 5.33 Å². The van der Waals surface area contributed by atoms with E-state index in [1.54, 1.807) is 0 Å². The van der Waals surface area contributed by atoms with Crippen LogP contribution < -0.4 is 4.74 Å². The molecule has 2 nitrogen and oxygen atoms in total. The summed E-state index contributed by atoms with van der Waals surface area (Å²) in [4.78, 5) is 11.5. The number of rotatable bonds is 6. The fourth-order valence-corrected chi connectivity index (χ4v) is 1.68. The van der Waals surface area contributed by atoms with E-state index in [9.17, 15) is 22.4 Å². The Morgan fingerprint density at radius 3 is 2.44 bits per heavy atom. The summed E-state index contributed by atoms with van der Waals surface area (Å²) in [5.74, 6) is -1.01. The lowest BCUT2D eigenvalue weighted by Gasteiger charge is -2.11. The van der Waals surface area contributed by atoms with Crippen LogP contribution in [-0.4, -0.2) is 17.7 Å². The molecule has 1 aromatic rings. The Kier molecular flexibility index (Phi) is 5.58. The zero-order chi connectivity index (χ0) is 13.7. The highest BCUT2D eigenvalue weighted by atomic mass is 79.9. The Balaban J connectivity index is 3.08. The van der Waals surface area contributed by atoms with Crippen LogP contribution in [0.25, 0.3) is 0 Å². The Hall–Kier alpha value is -1.11. The van der Waals surface area contributed by atoms with E-state index >= 15 is 0 Å². The third-order valence-electron chi connectivity index (χ3n) is 2.11. The first-order chi connectivity index (χ1) is 8.45. The van der Waals surface area contributed by atoms with Crippen LogP contribution in [0.2, 0.25) is 0 Å². The smallest absolute Gasteiger partial charge is 0.387 e. The predicted molar refractivity (Wildman–Crippen MR) is 60.8 cm³/mol. The van der Waals surface area contributed by atoms with E-state index in [-0.39, 0.29) is 17.8 Å². The van der Waals surface area contributed by atoms with Gasteiger partial charge in [0.25, 0.3) is 6.43 Å². The molecule has 0 bridgehead atoms. The first kappa shape index (κ1) is 14.9. The number of alkyl halides is 5. The van der Waals surface area contributed by atoms with Gasteiger partial charge in [0.05, 0.1) is 5.56 Å². The fraction of sp³-hybridized carbons (Fsp3) is 0.364. The normalized spacial score (nSPS) is 11.1. The van der Waals surface area contributed by atoms with Gasteiger partial charge >= 0.3 is 6.61 Å². The number of benzene rings is 1. The molecular weight excluding hydrogens is 320 g/mol. The van der Waals surface area contributed by atoms with Gasteiger partial charge in [-0.05, 0) is 12.1 Å². The van der Waals surface area contributed by atoms with Crippen LogP contribution >= 0.6 is 15.9 Å². The third kappa shape index (κ3) is 3.97. The summed E-state index contributed by atoms with van der Waals surface area (Å²) in [6.07, 6.45) is -2.80. The van der Waals surface area contributed by atoms with Crippen molar-refractivity contribution in [1.29, 1.82) is 0 Å². The molecule has 1 aromatic carbocycles. The van der Waals surface area contributed by atoms with Crippen molar-refractivity contribution < 1.29 is 27.1 Å². The Morgan fingerprint density at radius 2 is 1.94 bits per heavy atom. The average Bonchev–Trinajstić information content (AvgIpc) is 2.28. The molecule has 0 saturated carbocycles. The van der Waals surface area contributed by atoms with Gasteiger partial charge in [0, 0.05) is 17.3 Å². The van der Waals surface area contributed by atoms with Crippen molar-refractivity contribution >= 4 is 21.7 Å². The lowest BCUT2D eigenvalue weighted by atomic mass is 10.1. The van der Waals surface area contributed by atoms with E-state index < -0.39 is 24.3 Å². The molecule has 100 valence electrons. The van der Waals surface area contributed by atoms with Gasteiger partial charge in [-0.3, -0.25) is 4.79 Å². The van der Waals surface area contributed by atoms with E-state index in [1.165, 1.54) is 6.07 Å². The molecule has 0 amide bonds. The molecule has 0 atom stereocenters. The second-order valence-corrected chi connectivity index (χ2v) is 4.09. The first-order valence-corrected chi connectivity index (χ1v) is 6.04. The SMILES string of the molecule is O=C(CCBr)c1ccc(C(F)F)c(OC(F)F)c1. The molecule has 0 fully saturated rings. The van der Waals surface area contributed by atoms with Crippen LogP contribution in [-0.2, 0) is 0 Å². The molecule has 0 heterocycles. The van der Waals surface area contributed by atoms with E-state index in [0.717, 1.165) is 12.1 Å². The van der Waals surface area contributed by atoms with Crippen molar-refractivity contribution in [2.45, 2.75) is 19.5 Å². The van der Waals surface area contributed by atoms with E-state index in [1.807, 2.05) is 0 Å². The van der Waals surface area contributed by atoms with Gasteiger partial charge in [-0.2, -0.15) is 8.78 Å². The Bertz CT molecular complexity index is 424. The molecule has 1 rings (SSSR count). The minimum Gasteiger partial charge on any atom is -0.434 e. The average molecular weight is 329 g/mol. The topological polar surface area (TPSA) is 26.3 Å². The molecule has 0 radical (unpaired) electrons. The molecular formula is C11H9BrF4O2. The summed E-state index contributed by atoms with van der Waals surface area (Å²) in [5, 5.41) is 0.396. The van der Waals surface area contributed by atoms with Crippen molar-refractivity contribution in [3.63, 3.8) is 0 Å². The maximum atomic E-state index is 12.5. The maximum absolute atomic E-state index is 12.5. The lowest BCUT2D eigenvalue weighted by molar-refractivity contribution is -0.0520. The minimum absolute atomic E-state index is 0.0644. The molecule has 0 aliphatic heterocycles. The zero-order valence-electron chi connectivity index (χ0n) is 9.01. The molecule has 0 saturated heterocycles. The van der Waals surface area contributed by atoms with Crippen LogP contribution in [0.4, 0.5) is 17.6 Å². The minimum atomic E-state index is -3.22. The summed E-state index contributed by atoms with van der Waals surface area (Å²) in [7, 11) is 0. The summed E-state index contributed by atoms with van der Waals surface area (Å²) in [6.45, 7) is -3.22. The highest BCUT2D eigenvalue weighted by Crippen LogP contribution is 2.31. The Labute approximate surface area is 109 Å². The number of halogens is 5. The first-order valence-electron chi connectivity index (χ1n) is 4.91. The molecule has 7 heteroatoms. The number of hydrogen-bond acceptors (Lipinski definition) is 2. The molecule has 18 heavy (non-hydrogen) atoms. The lowest BCUT2D eigenvalue weighted by Crippen LogP contribution is -2.07. The fourth-order valence-electron chi connectivity index (χ4n) is 1.32. The van der Waals surface area contributed by atoms with E-state index in [2.05, 4.69) is 20.7 Å². The summed E-state index contributed by atoms with van der Waals surface area (Å²) in [5.41, 5.74) is -0.597. The van der Waals surface area contributed by atoms with E-state index in [4.69, 9.17) is 0 Å². The van der Waals surface area contributed by atoms with Gasteiger partial charge in [-0.1, -0.05) is 22.0 Å². The Morgan fingerprint density at radius 1 is 1.28 bits per heavy atom. The molecule has 0 aliphatic rings. The summed E-state index contributed by atoms with van der Waals surface area (Å²) >= 11 is 3.05. The molecule has 0 spiro atoms. The standard InChI is InChI=1S/C11H9BrF4O2/c12-4-3-8(17)6-1-2-7(10(13)14)9(5-6)18-11(15)16/h1-2,5,10-11H,3-4H2. The van der Waals surface area contributed by atoms with Gasteiger partial charge in [0.2, 0.25) is 0 Å². The zero-order valence-corrected chi connectivity index (χ0v) is 10.6. The van der Waals surface area contributed by atoms with Crippen molar-refractivity contribution in [1.82, 2.24) is 0 Å². The monoisotopic (exact) mass is 328 g/mol. The molecule has 0 aromatic heterocycles. The van der Waals surface area contributed by atoms with Gasteiger partial charge < -0.3 is 4.74 Å². The number of ketones is 1. The third-order valence-corrected chi connectivity index (χ3v) is 2.50. The van der Waals surface area contributed by atoms with Gasteiger partial charge in [0.15, 0.2) is 5.78 Å². The maximum Gasteiger partial charge on any atom is 0.387 e. The number of carbonyl (C=O) groups is 1. The quantitative estimate of drug-likeness (QED) is 0.444. The van der Waals surface area contributed by atoms with Crippen molar-refractivity contribution in [3.8, 4) is 5.75 Å². The van der Waals surface area contributed by atoms with E-state index in [0.29, 0.717) is 5.33 Å². The van der Waals surface area contributed by atoms with Crippen LogP contribution in [0.1, 0.15) is 28.8 Å². The van der Waals surface area contributed by atoms with Crippen LogP contribution in [0.15, 0.2) is 18.2 Å². The van der Waals surface area contributed by atoms with Crippen LogP contribution in [0, 0.1) is 0 Å². The van der Waals surface area contributed by atoms with Crippen LogP contribution in [0.5, 0.6) is 5.75 Å². The van der Waals surface area contributed by atoms with Gasteiger partial charge in [0.1, 0.15) is 5.75 Å². The number of carbonyl (C=O) groups excluding carboxylic acids is 1. The van der Waals surface area contributed by atoms with Crippen molar-refractivity contribution in [3.05, 3.63) is 29.3 Å². The van der Waals surface area contributed by atoms with Gasteiger partial charge in [-0.15, -0.1) is 0 Å². The molecule has 0 N–H and O–H groups in total. The van der Waals surface area contributed by atoms with Crippen LogP contribution in [0.3, 0.4) is 0 Å². The second kappa shape index (κ2) is 6.72. The predicted octanol–water partition coefficient (Wildman–Crippen LogP) is 4.19. The highest BCUT2D eigenvalue weighted by Gasteiger charge is 2.19. The largest absolute Gasteiger partial charge is 0.434 e. The van der Waals surface area contributed by atoms with Gasteiger partial charge in [-0.25, -0.2) is 8.78 Å². The van der Waals surface area contributed by atoms with Crippen molar-refractivity contribution in [2.24, 2.45) is 0 Å². The molecule has 0 unspecified atom stereocenters.